The molecule has 4 nitrogen and oxygen atoms in total. The highest BCUT2D eigenvalue weighted by Gasteiger charge is 2.21. The van der Waals surface area contributed by atoms with Crippen LogP contribution in [0.2, 0.25) is 0 Å². The Bertz CT molecular complexity index is 404. The molecule has 0 fully saturated rings. The van der Waals surface area contributed by atoms with Crippen LogP contribution in [0.25, 0.3) is 0 Å². The quantitative estimate of drug-likeness (QED) is 0.787. The van der Waals surface area contributed by atoms with Gasteiger partial charge in [-0.25, -0.2) is 4.79 Å². The summed E-state index contributed by atoms with van der Waals surface area (Å²) in [7, 11) is 0. The van der Waals surface area contributed by atoms with Crippen molar-refractivity contribution in [2.45, 2.75) is 39.8 Å². The van der Waals surface area contributed by atoms with Crippen molar-refractivity contribution in [1.29, 1.82) is 0 Å². The van der Waals surface area contributed by atoms with E-state index in [1.807, 2.05) is 32.0 Å². The first-order chi connectivity index (χ1) is 8.63. The van der Waals surface area contributed by atoms with Crippen molar-refractivity contribution < 1.29 is 14.3 Å². The number of carbonyl (C=O) groups excluding carboxylic acids is 1. The lowest BCUT2D eigenvalue weighted by molar-refractivity contribution is -0.151. The molecule has 0 radical (unpaired) electrons. The summed E-state index contributed by atoms with van der Waals surface area (Å²) >= 11 is 0. The predicted molar refractivity (Wildman–Crippen MR) is 70.4 cm³/mol. The maximum atomic E-state index is 11.7. The van der Waals surface area contributed by atoms with Gasteiger partial charge in [-0.05, 0) is 25.8 Å². The van der Waals surface area contributed by atoms with Gasteiger partial charge in [-0.15, -0.1) is 0 Å². The summed E-state index contributed by atoms with van der Waals surface area (Å²) in [5.74, 6) is 0.367. The molecule has 0 bridgehead atoms. The molecule has 0 spiro atoms. The van der Waals surface area contributed by atoms with Crippen molar-refractivity contribution in [3.05, 3.63) is 29.3 Å². The van der Waals surface area contributed by atoms with Gasteiger partial charge in [0.25, 0.3) is 0 Å². The smallest absolute Gasteiger partial charge is 0.347 e. The number of esters is 1. The van der Waals surface area contributed by atoms with Crippen LogP contribution in [-0.4, -0.2) is 18.7 Å². The van der Waals surface area contributed by atoms with E-state index in [9.17, 15) is 4.79 Å². The molecule has 4 heteroatoms. The number of hydrogen-bond acceptors (Lipinski definition) is 4. The maximum Gasteiger partial charge on any atom is 0.347 e. The highest BCUT2D eigenvalue weighted by Crippen LogP contribution is 2.25. The molecule has 0 heterocycles. The molecule has 0 aliphatic carbocycles. The SMILES string of the molecule is CCOC(=O)C(CC)Oc1c(C)cccc1CN. The molecule has 2 N–H and O–H groups in total. The molecule has 18 heavy (non-hydrogen) atoms. The molecule has 0 amide bonds. The number of ether oxygens (including phenoxy) is 2. The van der Waals surface area contributed by atoms with E-state index in [4.69, 9.17) is 15.2 Å². The summed E-state index contributed by atoms with van der Waals surface area (Å²) in [6, 6.07) is 5.77. The standard InChI is InChI=1S/C14H21NO3/c1-4-12(14(16)17-5-2)18-13-10(3)7-6-8-11(13)9-15/h6-8,12H,4-5,9,15H2,1-3H3. The Morgan fingerprint density at radius 3 is 2.67 bits per heavy atom. The molecule has 0 aliphatic rings. The van der Waals surface area contributed by atoms with E-state index >= 15 is 0 Å². The molecule has 1 aromatic rings. The van der Waals surface area contributed by atoms with Crippen LogP contribution in [-0.2, 0) is 16.1 Å². The first kappa shape index (κ1) is 14.5. The number of carbonyl (C=O) groups is 1. The number of hydrogen-bond donors (Lipinski definition) is 1. The second-order valence-corrected chi connectivity index (χ2v) is 4.03. The minimum Gasteiger partial charge on any atom is -0.478 e. The van der Waals surface area contributed by atoms with Crippen LogP contribution in [0.3, 0.4) is 0 Å². The number of nitrogens with two attached hydrogens (primary N) is 1. The number of benzene rings is 1. The number of rotatable bonds is 6. The topological polar surface area (TPSA) is 61.5 Å². The predicted octanol–water partition coefficient (Wildman–Crippen LogP) is 2.17. The normalized spacial score (nSPS) is 12.0. The molecule has 1 atom stereocenters. The zero-order valence-electron chi connectivity index (χ0n) is 11.2. The van der Waals surface area contributed by atoms with Gasteiger partial charge in [-0.3, -0.25) is 0 Å². The Hall–Kier alpha value is -1.55. The molecule has 0 saturated carbocycles. The average Bonchev–Trinajstić information content (AvgIpc) is 2.37. The van der Waals surface area contributed by atoms with Crippen molar-refractivity contribution in [3.8, 4) is 5.75 Å². The van der Waals surface area contributed by atoms with Crippen LogP contribution in [0.4, 0.5) is 0 Å². The Kier molecular flexibility index (Phi) is 5.65. The molecule has 1 rings (SSSR count). The summed E-state index contributed by atoms with van der Waals surface area (Å²) in [4.78, 5) is 11.7. The average molecular weight is 251 g/mol. The van der Waals surface area contributed by atoms with Crippen molar-refractivity contribution in [2.24, 2.45) is 5.73 Å². The summed E-state index contributed by atoms with van der Waals surface area (Å²) in [6.45, 7) is 6.35. The lowest BCUT2D eigenvalue weighted by Crippen LogP contribution is -2.29. The van der Waals surface area contributed by atoms with Gasteiger partial charge in [0.15, 0.2) is 6.10 Å². The lowest BCUT2D eigenvalue weighted by atomic mass is 10.1. The van der Waals surface area contributed by atoms with E-state index < -0.39 is 6.10 Å². The molecule has 0 aromatic heterocycles. The Morgan fingerprint density at radius 2 is 2.11 bits per heavy atom. The summed E-state index contributed by atoms with van der Waals surface area (Å²) in [6.07, 6.45) is -0.00618. The van der Waals surface area contributed by atoms with Gasteiger partial charge in [-0.1, -0.05) is 25.1 Å². The Balaban J connectivity index is 2.91. The lowest BCUT2D eigenvalue weighted by Gasteiger charge is -2.19. The minimum absolute atomic E-state index is 0.328. The molecular weight excluding hydrogens is 230 g/mol. The van der Waals surface area contributed by atoms with Crippen LogP contribution < -0.4 is 10.5 Å². The van der Waals surface area contributed by atoms with Gasteiger partial charge in [0.1, 0.15) is 5.75 Å². The second-order valence-electron chi connectivity index (χ2n) is 4.03. The van der Waals surface area contributed by atoms with E-state index in [1.54, 1.807) is 6.92 Å². The zero-order valence-corrected chi connectivity index (χ0v) is 11.2. The van der Waals surface area contributed by atoms with Gasteiger partial charge >= 0.3 is 5.97 Å². The van der Waals surface area contributed by atoms with Crippen LogP contribution in [0.15, 0.2) is 18.2 Å². The first-order valence-corrected chi connectivity index (χ1v) is 6.25. The fourth-order valence-electron chi connectivity index (χ4n) is 1.72. The fourth-order valence-corrected chi connectivity index (χ4v) is 1.72. The monoisotopic (exact) mass is 251 g/mol. The van der Waals surface area contributed by atoms with Gasteiger partial charge in [0, 0.05) is 12.1 Å². The Labute approximate surface area is 108 Å². The van der Waals surface area contributed by atoms with Gasteiger partial charge in [-0.2, -0.15) is 0 Å². The van der Waals surface area contributed by atoms with Crippen LogP contribution in [0.5, 0.6) is 5.75 Å². The van der Waals surface area contributed by atoms with Crippen LogP contribution in [0.1, 0.15) is 31.4 Å². The molecule has 0 aliphatic heterocycles. The number of para-hydroxylation sites is 1. The van der Waals surface area contributed by atoms with Crippen molar-refractivity contribution >= 4 is 5.97 Å². The summed E-state index contributed by atoms with van der Waals surface area (Å²) in [5.41, 5.74) is 7.55. The molecule has 0 saturated heterocycles. The molecule has 1 aromatic carbocycles. The third kappa shape index (κ3) is 3.47. The van der Waals surface area contributed by atoms with Gasteiger partial charge < -0.3 is 15.2 Å². The van der Waals surface area contributed by atoms with Gasteiger partial charge in [0.05, 0.1) is 6.61 Å². The molecular formula is C14H21NO3. The highest BCUT2D eigenvalue weighted by atomic mass is 16.6. The zero-order chi connectivity index (χ0) is 13.5. The number of aryl methyl sites for hydroxylation is 1. The molecule has 1 unspecified atom stereocenters. The third-order valence-electron chi connectivity index (χ3n) is 2.69. The maximum absolute atomic E-state index is 11.7. The van der Waals surface area contributed by atoms with E-state index in [0.29, 0.717) is 25.3 Å². The van der Waals surface area contributed by atoms with Crippen molar-refractivity contribution in [2.75, 3.05) is 6.61 Å². The van der Waals surface area contributed by atoms with Gasteiger partial charge in [0.2, 0.25) is 0 Å². The van der Waals surface area contributed by atoms with E-state index in [-0.39, 0.29) is 5.97 Å². The first-order valence-electron chi connectivity index (χ1n) is 6.25. The summed E-state index contributed by atoms with van der Waals surface area (Å²) < 4.78 is 10.8. The largest absolute Gasteiger partial charge is 0.478 e. The Morgan fingerprint density at radius 1 is 1.39 bits per heavy atom. The van der Waals surface area contributed by atoms with Crippen molar-refractivity contribution in [1.82, 2.24) is 0 Å². The summed E-state index contributed by atoms with van der Waals surface area (Å²) in [5, 5.41) is 0. The highest BCUT2D eigenvalue weighted by molar-refractivity contribution is 5.75. The minimum atomic E-state index is -0.573. The second kappa shape index (κ2) is 7.01. The fraction of sp³-hybridized carbons (Fsp3) is 0.500. The van der Waals surface area contributed by atoms with Crippen LogP contribution in [0, 0.1) is 6.92 Å². The molecule has 100 valence electrons. The van der Waals surface area contributed by atoms with Crippen molar-refractivity contribution in [3.63, 3.8) is 0 Å². The van der Waals surface area contributed by atoms with Crippen LogP contribution >= 0.6 is 0 Å². The van der Waals surface area contributed by atoms with E-state index in [2.05, 4.69) is 0 Å². The van der Waals surface area contributed by atoms with E-state index in [0.717, 1.165) is 11.1 Å². The van der Waals surface area contributed by atoms with E-state index in [1.165, 1.54) is 0 Å². The third-order valence-corrected chi connectivity index (χ3v) is 2.69.